The van der Waals surface area contributed by atoms with Crippen molar-refractivity contribution in [3.05, 3.63) is 90.4 Å². The minimum atomic E-state index is -1.43. The van der Waals surface area contributed by atoms with Gasteiger partial charge in [0.25, 0.3) is 5.79 Å². The maximum absolute atomic E-state index is 13.2. The van der Waals surface area contributed by atoms with Crippen LogP contribution in [0.2, 0.25) is 0 Å². The molecule has 9 heteroatoms. The highest BCUT2D eigenvalue weighted by atomic mass is 16.7. The van der Waals surface area contributed by atoms with Crippen molar-refractivity contribution in [3.8, 4) is 0 Å². The van der Waals surface area contributed by atoms with Gasteiger partial charge in [-0.1, -0.05) is 60.7 Å². The van der Waals surface area contributed by atoms with Gasteiger partial charge in [-0.15, -0.1) is 0 Å². The van der Waals surface area contributed by atoms with Crippen molar-refractivity contribution < 1.29 is 28.6 Å². The van der Waals surface area contributed by atoms with Crippen LogP contribution in [0.4, 0.5) is 5.69 Å². The number of anilines is 1. The van der Waals surface area contributed by atoms with Crippen molar-refractivity contribution in [1.29, 1.82) is 0 Å². The number of ether oxygens (including phenoxy) is 3. The average molecular weight is 502 g/mol. The number of hydrogen-bond donors (Lipinski definition) is 0. The smallest absolute Gasteiger partial charge is 0.331 e. The lowest BCUT2D eigenvalue weighted by Crippen LogP contribution is -2.53. The van der Waals surface area contributed by atoms with Gasteiger partial charge in [0, 0.05) is 13.8 Å². The number of fused-ring (bicyclic) bond motifs is 1. The largest absolute Gasteiger partial charge is 0.454 e. The fourth-order valence-corrected chi connectivity index (χ4v) is 4.32. The van der Waals surface area contributed by atoms with E-state index in [2.05, 4.69) is 0 Å². The third kappa shape index (κ3) is 4.99. The first-order valence-corrected chi connectivity index (χ1v) is 11.8. The molecule has 37 heavy (non-hydrogen) atoms. The first-order valence-electron chi connectivity index (χ1n) is 11.8. The van der Waals surface area contributed by atoms with Gasteiger partial charge in [-0.2, -0.15) is 0 Å². The zero-order valence-corrected chi connectivity index (χ0v) is 20.8. The topological polar surface area (TPSA) is 89.9 Å². The van der Waals surface area contributed by atoms with E-state index in [1.54, 1.807) is 11.1 Å². The van der Waals surface area contributed by atoms with E-state index in [0.717, 1.165) is 16.3 Å². The standard InChI is InChI=1S/C28H27N3O6/c1-28(2)36-26(32)24(27(33)37-28)25(29-16-20-12-9-11-19-10-7-8-15-22(19)20)31(21-13-5-4-6-14-21)23-17-30(34-3)18-35-23/h4-15,17,24H,16,18H2,1-3H3. The lowest BCUT2D eigenvalue weighted by Gasteiger charge is -2.36. The number of esters is 2. The summed E-state index contributed by atoms with van der Waals surface area (Å²) in [6.07, 6.45) is 1.63. The van der Waals surface area contributed by atoms with Crippen LogP contribution in [0.3, 0.4) is 0 Å². The summed E-state index contributed by atoms with van der Waals surface area (Å²) < 4.78 is 16.8. The molecule has 0 radical (unpaired) electrons. The fourth-order valence-electron chi connectivity index (χ4n) is 4.32. The molecule has 3 aromatic carbocycles. The normalized spacial score (nSPS) is 17.8. The highest BCUT2D eigenvalue weighted by Gasteiger charge is 2.48. The number of hydroxylamine groups is 2. The summed E-state index contributed by atoms with van der Waals surface area (Å²) in [5, 5.41) is 3.57. The Hall–Kier alpha value is -4.37. The van der Waals surface area contributed by atoms with Gasteiger partial charge in [0.2, 0.25) is 11.8 Å². The molecule has 9 nitrogen and oxygen atoms in total. The Bertz CT molecular complexity index is 1360. The molecule has 0 saturated carbocycles. The van der Waals surface area contributed by atoms with Gasteiger partial charge >= 0.3 is 11.9 Å². The Morgan fingerprint density at radius 2 is 1.68 bits per heavy atom. The van der Waals surface area contributed by atoms with Crippen LogP contribution in [0.1, 0.15) is 19.4 Å². The highest BCUT2D eigenvalue weighted by Crippen LogP contribution is 2.31. The number of rotatable bonds is 6. The van der Waals surface area contributed by atoms with E-state index in [4.69, 9.17) is 24.0 Å². The summed E-state index contributed by atoms with van der Waals surface area (Å²) in [7, 11) is 1.52. The average Bonchev–Trinajstić information content (AvgIpc) is 3.35. The molecular weight excluding hydrogens is 474 g/mol. The summed E-state index contributed by atoms with van der Waals surface area (Å²) in [6, 6.07) is 23.1. The van der Waals surface area contributed by atoms with Crippen LogP contribution < -0.4 is 4.90 Å². The molecule has 1 saturated heterocycles. The van der Waals surface area contributed by atoms with Gasteiger partial charge in [0.1, 0.15) is 5.84 Å². The molecule has 2 aliphatic heterocycles. The third-order valence-electron chi connectivity index (χ3n) is 6.01. The summed E-state index contributed by atoms with van der Waals surface area (Å²) in [5.74, 6) is -3.85. The molecule has 1 fully saturated rings. The summed E-state index contributed by atoms with van der Waals surface area (Å²) in [4.78, 5) is 38.2. The van der Waals surface area contributed by atoms with E-state index in [9.17, 15) is 9.59 Å². The zero-order chi connectivity index (χ0) is 26.0. The first kappa shape index (κ1) is 24.3. The molecule has 0 bridgehead atoms. The van der Waals surface area contributed by atoms with Crippen molar-refractivity contribution in [2.24, 2.45) is 10.9 Å². The summed E-state index contributed by atoms with van der Waals surface area (Å²) >= 11 is 0. The molecule has 0 aliphatic carbocycles. The Balaban J connectivity index is 1.65. The van der Waals surface area contributed by atoms with Crippen LogP contribution in [-0.4, -0.2) is 42.5 Å². The van der Waals surface area contributed by atoms with E-state index in [1.807, 2.05) is 72.8 Å². The van der Waals surface area contributed by atoms with Gasteiger partial charge in [-0.3, -0.25) is 24.3 Å². The van der Waals surface area contributed by atoms with E-state index in [1.165, 1.54) is 26.0 Å². The number of nitrogens with zero attached hydrogens (tertiary/aromatic N) is 3. The first-order chi connectivity index (χ1) is 17.9. The van der Waals surface area contributed by atoms with Crippen LogP contribution in [-0.2, 0) is 35.2 Å². The molecule has 0 unspecified atom stereocenters. The predicted molar refractivity (Wildman–Crippen MR) is 137 cm³/mol. The second-order valence-electron chi connectivity index (χ2n) is 9.00. The minimum Gasteiger partial charge on any atom is -0.454 e. The second-order valence-corrected chi connectivity index (χ2v) is 9.00. The Kier molecular flexibility index (Phi) is 6.54. The van der Waals surface area contributed by atoms with Crippen molar-refractivity contribution >= 4 is 34.2 Å². The van der Waals surface area contributed by atoms with E-state index < -0.39 is 23.6 Å². The fraction of sp³-hybridized carbons (Fsp3) is 0.250. The molecule has 3 aromatic rings. The maximum Gasteiger partial charge on any atom is 0.331 e. The van der Waals surface area contributed by atoms with Crippen molar-refractivity contribution in [1.82, 2.24) is 5.06 Å². The van der Waals surface area contributed by atoms with Gasteiger partial charge < -0.3 is 14.2 Å². The minimum absolute atomic E-state index is 0.119. The molecule has 0 N–H and O–H groups in total. The van der Waals surface area contributed by atoms with E-state index >= 15 is 0 Å². The number of hydrogen-bond acceptors (Lipinski definition) is 8. The third-order valence-corrected chi connectivity index (χ3v) is 6.01. The van der Waals surface area contributed by atoms with E-state index in [-0.39, 0.29) is 19.1 Å². The van der Waals surface area contributed by atoms with Gasteiger partial charge in [0.15, 0.2) is 6.73 Å². The number of cyclic esters (lactones) is 2. The van der Waals surface area contributed by atoms with Crippen LogP contribution in [0, 0.1) is 5.92 Å². The van der Waals surface area contributed by atoms with Crippen molar-refractivity contribution in [3.63, 3.8) is 0 Å². The van der Waals surface area contributed by atoms with Crippen LogP contribution in [0.25, 0.3) is 10.8 Å². The maximum atomic E-state index is 13.2. The van der Waals surface area contributed by atoms with Crippen molar-refractivity contribution in [2.75, 3.05) is 18.7 Å². The van der Waals surface area contributed by atoms with Crippen LogP contribution in [0.5, 0.6) is 0 Å². The number of carbonyl (C=O) groups is 2. The predicted octanol–water partition coefficient (Wildman–Crippen LogP) is 4.35. The number of carbonyl (C=O) groups excluding carboxylic acids is 2. The van der Waals surface area contributed by atoms with Gasteiger partial charge in [0.05, 0.1) is 25.5 Å². The van der Waals surface area contributed by atoms with Crippen LogP contribution in [0.15, 0.2) is 89.9 Å². The summed E-state index contributed by atoms with van der Waals surface area (Å²) in [5.41, 5.74) is 1.56. The zero-order valence-electron chi connectivity index (χ0n) is 20.8. The molecule has 190 valence electrons. The monoisotopic (exact) mass is 501 g/mol. The SMILES string of the molecule is CON1C=C(N(C(=NCc2cccc3ccccc23)C2C(=O)OC(C)(C)OC2=O)c2ccccc2)OC1. The molecule has 0 aromatic heterocycles. The van der Waals surface area contributed by atoms with Crippen molar-refractivity contribution in [2.45, 2.75) is 26.2 Å². The molecule has 5 rings (SSSR count). The number of aliphatic imine (C=N–C) groups is 1. The Labute approximate surface area is 214 Å². The summed E-state index contributed by atoms with van der Waals surface area (Å²) in [6.45, 7) is 3.35. The molecule has 2 heterocycles. The quantitative estimate of drug-likeness (QED) is 0.213. The highest BCUT2D eigenvalue weighted by molar-refractivity contribution is 6.22. The second kappa shape index (κ2) is 9.94. The molecule has 2 aliphatic rings. The van der Waals surface area contributed by atoms with E-state index in [0.29, 0.717) is 11.6 Å². The van der Waals surface area contributed by atoms with Gasteiger partial charge in [-0.25, -0.2) is 5.06 Å². The lowest BCUT2D eigenvalue weighted by atomic mass is 10.0. The number of benzene rings is 3. The molecule has 0 spiro atoms. The van der Waals surface area contributed by atoms with Crippen LogP contribution >= 0.6 is 0 Å². The lowest BCUT2D eigenvalue weighted by molar-refractivity contribution is -0.235. The Morgan fingerprint density at radius 1 is 1.00 bits per heavy atom. The van der Waals surface area contributed by atoms with Gasteiger partial charge in [-0.05, 0) is 28.5 Å². The molecule has 0 amide bonds. The number of para-hydroxylation sites is 1. The number of amidine groups is 1. The molecule has 0 atom stereocenters. The molecular formula is C28H27N3O6. The Morgan fingerprint density at radius 3 is 2.38 bits per heavy atom.